The first-order valence-electron chi connectivity index (χ1n) is 10.8. The molecular formula is C25H33NO3. The molecule has 1 N–H and O–H groups in total. The van der Waals surface area contributed by atoms with Crippen LogP contribution in [0.5, 0.6) is 11.5 Å². The van der Waals surface area contributed by atoms with Crippen molar-refractivity contribution in [1.29, 1.82) is 0 Å². The highest BCUT2D eigenvalue weighted by Gasteiger charge is 2.49. The second-order valence-electron chi connectivity index (χ2n) is 8.71. The van der Waals surface area contributed by atoms with Gasteiger partial charge in [0, 0.05) is 36.7 Å². The van der Waals surface area contributed by atoms with Crippen LogP contribution < -0.4 is 9.47 Å². The quantitative estimate of drug-likeness (QED) is 0.783. The molecule has 2 aromatic rings. The number of hydrogen-bond acceptors (Lipinski definition) is 4. The maximum Gasteiger partial charge on any atom is 0.127 e. The van der Waals surface area contributed by atoms with Crippen molar-refractivity contribution in [2.45, 2.75) is 57.2 Å². The summed E-state index contributed by atoms with van der Waals surface area (Å²) in [6.07, 6.45) is 5.11. The summed E-state index contributed by atoms with van der Waals surface area (Å²) in [4.78, 5) is 2.54. The Hall–Kier alpha value is -2.04. The number of hydrogen-bond donors (Lipinski definition) is 1. The molecule has 4 heteroatoms. The van der Waals surface area contributed by atoms with Crippen molar-refractivity contribution >= 4 is 0 Å². The molecule has 0 bridgehead atoms. The fourth-order valence-corrected chi connectivity index (χ4v) is 5.32. The van der Waals surface area contributed by atoms with E-state index in [1.54, 1.807) is 14.2 Å². The lowest BCUT2D eigenvalue weighted by atomic mass is 9.66. The smallest absolute Gasteiger partial charge is 0.127 e. The average molecular weight is 396 g/mol. The van der Waals surface area contributed by atoms with Gasteiger partial charge in [0.1, 0.15) is 11.5 Å². The summed E-state index contributed by atoms with van der Waals surface area (Å²) in [6, 6.07) is 15.0. The van der Waals surface area contributed by atoms with E-state index in [4.69, 9.17) is 9.47 Å². The van der Waals surface area contributed by atoms with E-state index in [1.807, 2.05) is 12.1 Å². The van der Waals surface area contributed by atoms with Crippen LogP contribution in [0, 0.1) is 12.8 Å². The molecule has 1 heterocycles. The fourth-order valence-electron chi connectivity index (χ4n) is 5.32. The third-order valence-electron chi connectivity index (χ3n) is 6.94. The van der Waals surface area contributed by atoms with Crippen LogP contribution >= 0.6 is 0 Å². The van der Waals surface area contributed by atoms with Gasteiger partial charge in [0.15, 0.2) is 0 Å². The van der Waals surface area contributed by atoms with Crippen molar-refractivity contribution < 1.29 is 14.6 Å². The zero-order valence-electron chi connectivity index (χ0n) is 17.9. The van der Waals surface area contributed by atoms with Gasteiger partial charge in [0.25, 0.3) is 0 Å². The highest BCUT2D eigenvalue weighted by molar-refractivity contribution is 5.43. The number of aryl methyl sites for hydroxylation is 1. The van der Waals surface area contributed by atoms with E-state index in [0.717, 1.165) is 55.8 Å². The van der Waals surface area contributed by atoms with Crippen LogP contribution in [0.2, 0.25) is 0 Å². The minimum absolute atomic E-state index is 0.135. The van der Waals surface area contributed by atoms with Crippen LogP contribution in [-0.4, -0.2) is 36.4 Å². The Balaban J connectivity index is 1.73. The van der Waals surface area contributed by atoms with E-state index >= 15 is 0 Å². The molecule has 0 radical (unpaired) electrons. The van der Waals surface area contributed by atoms with Crippen molar-refractivity contribution in [3.8, 4) is 11.5 Å². The number of nitrogens with zero attached hydrogens (tertiary/aromatic N) is 1. The largest absolute Gasteiger partial charge is 0.497 e. The first-order valence-corrected chi connectivity index (χ1v) is 10.8. The number of ether oxygens (including phenoxy) is 2. The number of rotatable bonds is 5. The SMILES string of the molecule is COc1ccc([C@H]2[C@H]3CCCC[C@@]3(O)CCN2Cc2ccc(C)cc2)c(OC)c1. The first kappa shape index (κ1) is 20.2. The summed E-state index contributed by atoms with van der Waals surface area (Å²) in [5.41, 5.74) is 3.18. The number of fused-ring (bicyclic) bond motifs is 1. The number of piperidine rings is 1. The van der Waals surface area contributed by atoms with Crippen LogP contribution in [0.15, 0.2) is 42.5 Å². The third-order valence-corrected chi connectivity index (χ3v) is 6.94. The van der Waals surface area contributed by atoms with Gasteiger partial charge in [-0.05, 0) is 37.8 Å². The third kappa shape index (κ3) is 4.01. The Morgan fingerprint density at radius 2 is 1.83 bits per heavy atom. The van der Waals surface area contributed by atoms with E-state index in [9.17, 15) is 5.11 Å². The van der Waals surface area contributed by atoms with Crippen LogP contribution in [0.25, 0.3) is 0 Å². The molecule has 29 heavy (non-hydrogen) atoms. The van der Waals surface area contributed by atoms with Crippen LogP contribution in [0.4, 0.5) is 0 Å². The second-order valence-corrected chi connectivity index (χ2v) is 8.71. The minimum Gasteiger partial charge on any atom is -0.497 e. The van der Waals surface area contributed by atoms with Gasteiger partial charge in [0.05, 0.1) is 19.8 Å². The highest BCUT2D eigenvalue weighted by atomic mass is 16.5. The summed E-state index contributed by atoms with van der Waals surface area (Å²) in [7, 11) is 3.40. The van der Waals surface area contributed by atoms with Crippen molar-refractivity contribution in [2.24, 2.45) is 5.92 Å². The van der Waals surface area contributed by atoms with Gasteiger partial charge in [-0.1, -0.05) is 48.7 Å². The maximum atomic E-state index is 11.5. The van der Waals surface area contributed by atoms with E-state index in [2.05, 4.69) is 42.2 Å². The zero-order valence-corrected chi connectivity index (χ0v) is 17.9. The predicted octanol–water partition coefficient (Wildman–Crippen LogP) is 4.88. The Labute approximate surface area is 174 Å². The standard InChI is InChI=1S/C25H33NO3/c1-18-7-9-19(10-8-18)17-26-15-14-25(27)13-5-4-6-22(25)24(26)21-12-11-20(28-2)16-23(21)29-3/h7-12,16,22,24,27H,4-6,13-15,17H2,1-3H3/t22-,24+,25-/m1/s1. The predicted molar refractivity (Wildman–Crippen MR) is 115 cm³/mol. The lowest BCUT2D eigenvalue weighted by molar-refractivity contribution is -0.126. The van der Waals surface area contributed by atoms with Crippen LogP contribution in [-0.2, 0) is 6.54 Å². The van der Waals surface area contributed by atoms with Gasteiger partial charge in [0.2, 0.25) is 0 Å². The van der Waals surface area contributed by atoms with Gasteiger partial charge in [-0.2, -0.15) is 0 Å². The Morgan fingerprint density at radius 3 is 2.55 bits per heavy atom. The molecule has 0 amide bonds. The fraction of sp³-hybridized carbons (Fsp3) is 0.520. The lowest BCUT2D eigenvalue weighted by Crippen LogP contribution is -2.54. The second kappa shape index (κ2) is 8.37. The maximum absolute atomic E-state index is 11.5. The molecule has 2 fully saturated rings. The monoisotopic (exact) mass is 395 g/mol. The molecule has 4 rings (SSSR count). The van der Waals surface area contributed by atoms with E-state index < -0.39 is 5.60 Å². The van der Waals surface area contributed by atoms with E-state index in [1.165, 1.54) is 17.5 Å². The number of aliphatic hydroxyl groups is 1. The zero-order chi connectivity index (χ0) is 20.4. The summed E-state index contributed by atoms with van der Waals surface area (Å²) in [6.45, 7) is 3.89. The minimum atomic E-state index is -0.572. The summed E-state index contributed by atoms with van der Waals surface area (Å²) in [5.74, 6) is 1.86. The molecule has 1 saturated heterocycles. The molecule has 1 aliphatic carbocycles. The summed E-state index contributed by atoms with van der Waals surface area (Å²) in [5, 5.41) is 11.5. The van der Waals surface area contributed by atoms with Crippen molar-refractivity contribution in [3.05, 3.63) is 59.2 Å². The molecule has 0 unspecified atom stereocenters. The molecule has 3 atom stereocenters. The van der Waals surface area contributed by atoms with Crippen molar-refractivity contribution in [1.82, 2.24) is 4.90 Å². The molecule has 1 aliphatic heterocycles. The van der Waals surface area contributed by atoms with E-state index in [0.29, 0.717) is 0 Å². The van der Waals surface area contributed by atoms with Crippen LogP contribution in [0.1, 0.15) is 54.8 Å². The van der Waals surface area contributed by atoms with Gasteiger partial charge in [-0.3, -0.25) is 4.90 Å². The Kier molecular flexibility index (Phi) is 5.84. The molecule has 0 spiro atoms. The number of likely N-dealkylation sites (tertiary alicyclic amines) is 1. The molecular weight excluding hydrogens is 362 g/mol. The van der Waals surface area contributed by atoms with Crippen molar-refractivity contribution in [3.63, 3.8) is 0 Å². The van der Waals surface area contributed by atoms with Gasteiger partial charge in [-0.25, -0.2) is 0 Å². The molecule has 2 aromatic carbocycles. The highest BCUT2D eigenvalue weighted by Crippen LogP contribution is 2.51. The summed E-state index contributed by atoms with van der Waals surface area (Å²) < 4.78 is 11.2. The molecule has 0 aromatic heterocycles. The number of methoxy groups -OCH3 is 2. The normalized spacial score (nSPS) is 27.3. The summed E-state index contributed by atoms with van der Waals surface area (Å²) >= 11 is 0. The van der Waals surface area contributed by atoms with E-state index in [-0.39, 0.29) is 12.0 Å². The molecule has 156 valence electrons. The van der Waals surface area contributed by atoms with Gasteiger partial charge >= 0.3 is 0 Å². The average Bonchev–Trinajstić information content (AvgIpc) is 2.75. The topological polar surface area (TPSA) is 41.9 Å². The van der Waals surface area contributed by atoms with Crippen molar-refractivity contribution in [2.75, 3.05) is 20.8 Å². The first-order chi connectivity index (χ1) is 14.0. The molecule has 2 aliphatic rings. The van der Waals surface area contributed by atoms with Crippen LogP contribution in [0.3, 0.4) is 0 Å². The Bertz CT molecular complexity index is 834. The van der Waals surface area contributed by atoms with Gasteiger partial charge in [-0.15, -0.1) is 0 Å². The number of benzene rings is 2. The van der Waals surface area contributed by atoms with Gasteiger partial charge < -0.3 is 14.6 Å². The lowest BCUT2D eigenvalue weighted by Gasteiger charge is -2.53. The molecule has 4 nitrogen and oxygen atoms in total. The molecule has 1 saturated carbocycles. The Morgan fingerprint density at radius 1 is 1.03 bits per heavy atom.